The minimum Gasteiger partial charge on any atom is -0.355 e. The summed E-state index contributed by atoms with van der Waals surface area (Å²) in [6.45, 7) is 2.87. The summed E-state index contributed by atoms with van der Waals surface area (Å²) in [6, 6.07) is 6.17. The van der Waals surface area contributed by atoms with Crippen molar-refractivity contribution in [2.45, 2.75) is 25.8 Å². The molecule has 0 amide bonds. The third kappa shape index (κ3) is 3.77. The molecule has 0 aromatic carbocycles. The zero-order valence-electron chi connectivity index (χ0n) is 19.4. The molecule has 1 saturated heterocycles. The molecule has 1 aliphatic rings. The molecule has 2 N–H and O–H groups in total. The van der Waals surface area contributed by atoms with Crippen molar-refractivity contribution in [3.8, 4) is 22.8 Å². The summed E-state index contributed by atoms with van der Waals surface area (Å²) < 4.78 is 0. The number of fused-ring (bicyclic) bond motifs is 2. The van der Waals surface area contributed by atoms with E-state index in [0.29, 0.717) is 0 Å². The van der Waals surface area contributed by atoms with Gasteiger partial charge in [0.25, 0.3) is 0 Å². The van der Waals surface area contributed by atoms with Gasteiger partial charge in [0.1, 0.15) is 11.2 Å². The van der Waals surface area contributed by atoms with E-state index >= 15 is 0 Å². The van der Waals surface area contributed by atoms with Gasteiger partial charge in [-0.15, -0.1) is 0 Å². The maximum atomic E-state index is 4.95. The maximum absolute atomic E-state index is 4.95. The van der Waals surface area contributed by atoms with Gasteiger partial charge in [-0.05, 0) is 57.1 Å². The van der Waals surface area contributed by atoms with Gasteiger partial charge in [0, 0.05) is 49.2 Å². The molecule has 0 aliphatic carbocycles. The van der Waals surface area contributed by atoms with Gasteiger partial charge in [-0.25, -0.2) is 9.97 Å². The molecule has 6 heterocycles. The first-order chi connectivity index (χ1) is 16.7. The summed E-state index contributed by atoms with van der Waals surface area (Å²) in [6.07, 6.45) is 11.1. The largest absolute Gasteiger partial charge is 0.355 e. The number of anilines is 1. The first-order valence-electron chi connectivity index (χ1n) is 11.7. The van der Waals surface area contributed by atoms with Crippen molar-refractivity contribution < 1.29 is 0 Å². The molecule has 1 fully saturated rings. The average Bonchev–Trinajstić information content (AvgIpc) is 3.48. The van der Waals surface area contributed by atoms with Crippen LogP contribution in [0.4, 0.5) is 5.82 Å². The molecule has 9 nitrogen and oxygen atoms in total. The Labute approximate surface area is 197 Å². The quantitative estimate of drug-likeness (QED) is 0.414. The third-order valence-corrected chi connectivity index (χ3v) is 6.30. The predicted molar refractivity (Wildman–Crippen MR) is 133 cm³/mol. The highest BCUT2D eigenvalue weighted by atomic mass is 15.2. The highest BCUT2D eigenvalue weighted by Crippen LogP contribution is 2.31. The van der Waals surface area contributed by atoms with Crippen LogP contribution in [0.5, 0.6) is 0 Å². The fraction of sp³-hybridized carbons (Fsp3) is 0.320. The van der Waals surface area contributed by atoms with Crippen LogP contribution in [0.2, 0.25) is 0 Å². The van der Waals surface area contributed by atoms with Gasteiger partial charge in [-0.3, -0.25) is 15.1 Å². The van der Waals surface area contributed by atoms with E-state index in [1.165, 1.54) is 19.3 Å². The number of rotatable bonds is 5. The molecule has 1 aliphatic heterocycles. The van der Waals surface area contributed by atoms with Crippen molar-refractivity contribution in [2.24, 2.45) is 0 Å². The van der Waals surface area contributed by atoms with Crippen LogP contribution in [0.1, 0.15) is 24.8 Å². The monoisotopic (exact) mass is 453 g/mol. The molecule has 0 saturated carbocycles. The van der Waals surface area contributed by atoms with E-state index in [-0.39, 0.29) is 0 Å². The lowest BCUT2D eigenvalue weighted by molar-refractivity contribution is 0.402. The van der Waals surface area contributed by atoms with Crippen LogP contribution >= 0.6 is 0 Å². The molecular formula is C25H27N9. The Bertz CT molecular complexity index is 1460. The maximum Gasteiger partial charge on any atom is 0.159 e. The number of hydrogen-bond donors (Lipinski definition) is 2. The van der Waals surface area contributed by atoms with Crippen molar-refractivity contribution in [1.29, 1.82) is 0 Å². The molecule has 0 bridgehead atoms. The molecule has 5 aromatic rings. The Kier molecular flexibility index (Phi) is 5.18. The number of hydrogen-bond acceptors (Lipinski definition) is 7. The first kappa shape index (κ1) is 20.7. The molecule has 0 unspecified atom stereocenters. The summed E-state index contributed by atoms with van der Waals surface area (Å²) in [5.41, 5.74) is 6.49. The SMILES string of the molecule is CN(C)Cc1cncc(-c2cc3c(-c4nc5c(N6CCCCC6)nccc5[nH]4)n[nH]c3cn2)c1. The third-order valence-electron chi connectivity index (χ3n) is 6.30. The van der Waals surface area contributed by atoms with E-state index in [1.807, 2.05) is 44.9 Å². The van der Waals surface area contributed by atoms with Crippen molar-refractivity contribution >= 4 is 27.8 Å². The Hall–Kier alpha value is -3.85. The van der Waals surface area contributed by atoms with E-state index in [2.05, 4.69) is 52.1 Å². The van der Waals surface area contributed by atoms with Gasteiger partial charge in [0.2, 0.25) is 0 Å². The minimum atomic E-state index is 0.726. The molecular weight excluding hydrogens is 426 g/mol. The Morgan fingerprint density at radius 1 is 1.00 bits per heavy atom. The minimum absolute atomic E-state index is 0.726. The number of pyridine rings is 3. The standard InChI is InChI=1S/C25H27N9/c1-33(2)15-16-10-17(13-26-12-16)20-11-18-21(14-28-20)31-32-22(18)24-29-19-6-7-27-25(23(19)30-24)34-8-4-3-5-9-34/h6-7,10-14H,3-5,8-9,15H2,1-2H3,(H,29,30)(H,31,32). The van der Waals surface area contributed by atoms with Gasteiger partial charge in [0.15, 0.2) is 11.6 Å². The van der Waals surface area contributed by atoms with Gasteiger partial charge in [-0.2, -0.15) is 5.10 Å². The van der Waals surface area contributed by atoms with Crippen LogP contribution in [0.25, 0.3) is 44.7 Å². The van der Waals surface area contributed by atoms with Crippen LogP contribution < -0.4 is 4.90 Å². The highest BCUT2D eigenvalue weighted by Gasteiger charge is 2.20. The predicted octanol–water partition coefficient (Wildman–Crippen LogP) is 4.01. The summed E-state index contributed by atoms with van der Waals surface area (Å²) in [7, 11) is 4.10. The van der Waals surface area contributed by atoms with Crippen molar-refractivity contribution in [1.82, 2.24) is 40.0 Å². The van der Waals surface area contributed by atoms with Crippen LogP contribution in [0.3, 0.4) is 0 Å². The van der Waals surface area contributed by atoms with Crippen LogP contribution in [0, 0.1) is 0 Å². The number of aromatic amines is 2. The summed E-state index contributed by atoms with van der Waals surface area (Å²) in [5, 5.41) is 8.65. The fourth-order valence-corrected chi connectivity index (χ4v) is 4.71. The number of H-pyrrole nitrogens is 2. The fourth-order valence-electron chi connectivity index (χ4n) is 4.71. The molecule has 0 radical (unpaired) electrons. The number of nitrogens with one attached hydrogen (secondary N) is 2. The molecule has 9 heteroatoms. The topological polar surface area (TPSA) is 103 Å². The second kappa shape index (κ2) is 8.49. The molecule has 172 valence electrons. The van der Waals surface area contributed by atoms with Crippen LogP contribution in [0.15, 0.2) is 43.0 Å². The van der Waals surface area contributed by atoms with Crippen molar-refractivity contribution in [2.75, 3.05) is 32.1 Å². The summed E-state index contributed by atoms with van der Waals surface area (Å²) in [4.78, 5) is 26.6. The Morgan fingerprint density at radius 3 is 2.74 bits per heavy atom. The second-order valence-corrected chi connectivity index (χ2v) is 9.17. The molecule has 34 heavy (non-hydrogen) atoms. The molecule has 6 rings (SSSR count). The Morgan fingerprint density at radius 2 is 1.88 bits per heavy atom. The zero-order chi connectivity index (χ0) is 23.1. The van der Waals surface area contributed by atoms with E-state index < -0.39 is 0 Å². The van der Waals surface area contributed by atoms with Crippen molar-refractivity contribution in [3.05, 3.63) is 48.5 Å². The first-order valence-corrected chi connectivity index (χ1v) is 11.7. The van der Waals surface area contributed by atoms with E-state index in [4.69, 9.17) is 4.98 Å². The van der Waals surface area contributed by atoms with E-state index in [9.17, 15) is 0 Å². The lowest BCUT2D eigenvalue weighted by Gasteiger charge is -2.27. The summed E-state index contributed by atoms with van der Waals surface area (Å²) in [5.74, 6) is 1.68. The van der Waals surface area contributed by atoms with Gasteiger partial charge >= 0.3 is 0 Å². The van der Waals surface area contributed by atoms with Gasteiger partial charge < -0.3 is 14.8 Å². The van der Waals surface area contributed by atoms with Gasteiger partial charge in [0.05, 0.1) is 22.9 Å². The number of nitrogens with zero attached hydrogens (tertiary/aromatic N) is 7. The van der Waals surface area contributed by atoms with Gasteiger partial charge in [-0.1, -0.05) is 0 Å². The molecule has 0 spiro atoms. The van der Waals surface area contributed by atoms with Crippen LogP contribution in [-0.2, 0) is 6.54 Å². The average molecular weight is 454 g/mol. The van der Waals surface area contributed by atoms with Crippen LogP contribution in [-0.4, -0.2) is 67.2 Å². The highest BCUT2D eigenvalue weighted by molar-refractivity contribution is 5.96. The smallest absolute Gasteiger partial charge is 0.159 e. The molecule has 0 atom stereocenters. The number of piperidine rings is 1. The lowest BCUT2D eigenvalue weighted by Crippen LogP contribution is -2.30. The Balaban J connectivity index is 1.41. The van der Waals surface area contributed by atoms with E-state index in [1.54, 1.807) is 0 Å². The normalized spacial score (nSPS) is 14.5. The molecule has 5 aromatic heterocycles. The van der Waals surface area contributed by atoms with Crippen molar-refractivity contribution in [3.63, 3.8) is 0 Å². The zero-order valence-corrected chi connectivity index (χ0v) is 19.4. The second-order valence-electron chi connectivity index (χ2n) is 9.17. The van der Waals surface area contributed by atoms with E-state index in [0.717, 1.165) is 75.7 Å². The summed E-state index contributed by atoms with van der Waals surface area (Å²) >= 11 is 0. The number of aromatic nitrogens is 7. The number of imidazole rings is 1. The lowest BCUT2D eigenvalue weighted by atomic mass is 10.1.